The van der Waals surface area contributed by atoms with Gasteiger partial charge >= 0.3 is 0 Å². The standard InChI is InChI=1S/C17H23N3O3S/c1-14-5-4-6-15(13-14)24(21,22)20-10-7-17(23-3,8-11-20)16-18-9-12-19(16)2/h4-6,9,12-13H,7-8,10-11H2,1-3H3. The first-order valence-electron chi connectivity index (χ1n) is 7.99. The van der Waals surface area contributed by atoms with Crippen LogP contribution in [0.4, 0.5) is 0 Å². The van der Waals surface area contributed by atoms with Crippen molar-refractivity contribution < 1.29 is 13.2 Å². The molecule has 0 aliphatic carbocycles. The van der Waals surface area contributed by atoms with Crippen molar-refractivity contribution in [3.63, 3.8) is 0 Å². The molecule has 3 rings (SSSR count). The summed E-state index contributed by atoms with van der Waals surface area (Å²) >= 11 is 0. The van der Waals surface area contributed by atoms with Crippen LogP contribution in [0.3, 0.4) is 0 Å². The van der Waals surface area contributed by atoms with Gasteiger partial charge in [-0.05, 0) is 37.5 Å². The molecule has 130 valence electrons. The first kappa shape index (κ1) is 17.1. The van der Waals surface area contributed by atoms with E-state index < -0.39 is 15.6 Å². The molecule has 6 nitrogen and oxygen atoms in total. The van der Waals surface area contributed by atoms with Gasteiger partial charge in [0.2, 0.25) is 10.0 Å². The summed E-state index contributed by atoms with van der Waals surface area (Å²) in [5.74, 6) is 0.845. The number of aromatic nitrogens is 2. The lowest BCUT2D eigenvalue weighted by Crippen LogP contribution is -2.47. The van der Waals surface area contributed by atoms with Crippen molar-refractivity contribution in [2.24, 2.45) is 7.05 Å². The average Bonchev–Trinajstić information content (AvgIpc) is 3.01. The van der Waals surface area contributed by atoms with Gasteiger partial charge in [-0.3, -0.25) is 0 Å². The van der Waals surface area contributed by atoms with Crippen molar-refractivity contribution in [3.05, 3.63) is 48.0 Å². The summed E-state index contributed by atoms with van der Waals surface area (Å²) in [5.41, 5.74) is 0.406. The van der Waals surface area contributed by atoms with Gasteiger partial charge in [-0.25, -0.2) is 13.4 Å². The number of ether oxygens (including phenoxy) is 1. The van der Waals surface area contributed by atoms with Gasteiger partial charge in [0.05, 0.1) is 4.90 Å². The molecule has 0 spiro atoms. The second-order valence-corrected chi connectivity index (χ2v) is 8.22. The smallest absolute Gasteiger partial charge is 0.243 e. The van der Waals surface area contributed by atoms with E-state index in [0.717, 1.165) is 11.4 Å². The van der Waals surface area contributed by atoms with Gasteiger partial charge in [-0.1, -0.05) is 12.1 Å². The van der Waals surface area contributed by atoms with Crippen LogP contribution in [-0.2, 0) is 27.4 Å². The lowest BCUT2D eigenvalue weighted by atomic mass is 9.91. The Morgan fingerprint density at radius 1 is 1.25 bits per heavy atom. The number of aryl methyl sites for hydroxylation is 2. The molecular formula is C17H23N3O3S. The highest BCUT2D eigenvalue weighted by Crippen LogP contribution is 2.36. The normalized spacial score (nSPS) is 18.6. The lowest BCUT2D eigenvalue weighted by molar-refractivity contribution is -0.0592. The molecule has 1 saturated heterocycles. The number of sulfonamides is 1. The average molecular weight is 349 g/mol. The zero-order valence-corrected chi connectivity index (χ0v) is 15.1. The summed E-state index contributed by atoms with van der Waals surface area (Å²) in [4.78, 5) is 4.76. The highest BCUT2D eigenvalue weighted by atomic mass is 32.2. The third-order valence-corrected chi connectivity index (χ3v) is 6.67. The van der Waals surface area contributed by atoms with E-state index in [1.165, 1.54) is 0 Å². The topological polar surface area (TPSA) is 64.4 Å². The van der Waals surface area contributed by atoms with E-state index in [0.29, 0.717) is 30.8 Å². The van der Waals surface area contributed by atoms with Gasteiger partial charge in [-0.15, -0.1) is 0 Å². The summed E-state index contributed by atoms with van der Waals surface area (Å²) in [7, 11) is 0.124. The summed E-state index contributed by atoms with van der Waals surface area (Å²) in [6.07, 6.45) is 4.79. The van der Waals surface area contributed by atoms with Crippen LogP contribution in [0.25, 0.3) is 0 Å². The van der Waals surface area contributed by atoms with Crippen LogP contribution in [0.5, 0.6) is 0 Å². The maximum Gasteiger partial charge on any atom is 0.243 e. The first-order valence-corrected chi connectivity index (χ1v) is 9.43. The van der Waals surface area contributed by atoms with Crippen molar-refractivity contribution in [1.82, 2.24) is 13.9 Å². The summed E-state index contributed by atoms with van der Waals surface area (Å²) in [5, 5.41) is 0. The van der Waals surface area contributed by atoms with E-state index in [2.05, 4.69) is 4.98 Å². The van der Waals surface area contributed by atoms with Crippen LogP contribution >= 0.6 is 0 Å². The fourth-order valence-corrected chi connectivity index (χ4v) is 4.88. The zero-order valence-electron chi connectivity index (χ0n) is 14.3. The highest BCUT2D eigenvalue weighted by Gasteiger charge is 2.42. The van der Waals surface area contributed by atoms with E-state index in [-0.39, 0.29) is 0 Å². The van der Waals surface area contributed by atoms with E-state index in [1.807, 2.05) is 30.8 Å². The summed E-state index contributed by atoms with van der Waals surface area (Å²) < 4.78 is 35.0. The van der Waals surface area contributed by atoms with Crippen molar-refractivity contribution in [3.8, 4) is 0 Å². The molecule has 1 fully saturated rings. The lowest BCUT2D eigenvalue weighted by Gasteiger charge is -2.39. The molecule has 0 bridgehead atoms. The second-order valence-electron chi connectivity index (χ2n) is 6.28. The Morgan fingerprint density at radius 2 is 1.96 bits per heavy atom. The predicted molar refractivity (Wildman–Crippen MR) is 91.1 cm³/mol. The Morgan fingerprint density at radius 3 is 2.50 bits per heavy atom. The molecule has 0 saturated carbocycles. The SMILES string of the molecule is COC1(c2nccn2C)CCN(S(=O)(=O)c2cccc(C)c2)CC1. The molecule has 2 aromatic rings. The molecule has 0 atom stereocenters. The van der Waals surface area contributed by atoms with Crippen LogP contribution in [0, 0.1) is 6.92 Å². The molecule has 7 heteroatoms. The number of piperidine rings is 1. The number of imidazole rings is 1. The minimum atomic E-state index is -3.47. The summed E-state index contributed by atoms with van der Waals surface area (Å²) in [6, 6.07) is 7.04. The maximum atomic E-state index is 12.9. The van der Waals surface area contributed by atoms with Crippen molar-refractivity contribution in [2.75, 3.05) is 20.2 Å². The molecular weight excluding hydrogens is 326 g/mol. The molecule has 1 aliphatic rings. The van der Waals surface area contributed by atoms with Gasteiger partial charge in [0.15, 0.2) is 0 Å². The molecule has 1 aromatic heterocycles. The minimum Gasteiger partial charge on any atom is -0.370 e. The highest BCUT2D eigenvalue weighted by molar-refractivity contribution is 7.89. The van der Waals surface area contributed by atoms with Crippen LogP contribution in [-0.4, -0.2) is 42.5 Å². The van der Waals surface area contributed by atoms with Crippen LogP contribution in [0.1, 0.15) is 24.2 Å². The zero-order chi connectivity index (χ0) is 17.4. The third-order valence-electron chi connectivity index (χ3n) is 4.78. The number of benzene rings is 1. The number of hydrogen-bond acceptors (Lipinski definition) is 4. The van der Waals surface area contributed by atoms with Crippen molar-refractivity contribution in [1.29, 1.82) is 0 Å². The Kier molecular flexibility index (Phi) is 4.50. The van der Waals surface area contributed by atoms with E-state index in [4.69, 9.17) is 4.74 Å². The van der Waals surface area contributed by atoms with E-state index in [9.17, 15) is 8.42 Å². The van der Waals surface area contributed by atoms with Gasteiger partial charge in [0.1, 0.15) is 11.4 Å². The third kappa shape index (κ3) is 2.87. The molecule has 1 aliphatic heterocycles. The number of methoxy groups -OCH3 is 1. The quantitative estimate of drug-likeness (QED) is 0.847. The fourth-order valence-electron chi connectivity index (χ4n) is 3.34. The van der Waals surface area contributed by atoms with Crippen molar-refractivity contribution >= 4 is 10.0 Å². The minimum absolute atomic E-state index is 0.351. The van der Waals surface area contributed by atoms with Crippen molar-refractivity contribution in [2.45, 2.75) is 30.3 Å². The number of hydrogen-bond donors (Lipinski definition) is 0. The van der Waals surface area contributed by atoms with Gasteiger partial charge in [-0.2, -0.15) is 4.31 Å². The molecule has 2 heterocycles. The molecule has 0 unspecified atom stereocenters. The van der Waals surface area contributed by atoms with Gasteiger partial charge in [0, 0.05) is 39.6 Å². The van der Waals surface area contributed by atoms with E-state index >= 15 is 0 Å². The Hall–Kier alpha value is -1.70. The monoisotopic (exact) mass is 349 g/mol. The Bertz CT molecular complexity index is 821. The fraction of sp³-hybridized carbons (Fsp3) is 0.471. The molecule has 0 N–H and O–H groups in total. The largest absolute Gasteiger partial charge is 0.370 e. The van der Waals surface area contributed by atoms with Crippen LogP contribution < -0.4 is 0 Å². The molecule has 0 amide bonds. The van der Waals surface area contributed by atoms with Gasteiger partial charge < -0.3 is 9.30 Å². The second kappa shape index (κ2) is 6.31. The van der Waals surface area contributed by atoms with Crippen LogP contribution in [0.15, 0.2) is 41.6 Å². The maximum absolute atomic E-state index is 12.9. The number of nitrogens with zero attached hydrogens (tertiary/aromatic N) is 3. The molecule has 0 radical (unpaired) electrons. The Labute approximate surface area is 143 Å². The van der Waals surface area contributed by atoms with E-state index in [1.54, 1.807) is 35.8 Å². The molecule has 24 heavy (non-hydrogen) atoms. The first-order chi connectivity index (χ1) is 11.4. The van der Waals surface area contributed by atoms with Crippen LogP contribution in [0.2, 0.25) is 0 Å². The predicted octanol–water partition coefficient (Wildman–Crippen LogP) is 2.05. The van der Waals surface area contributed by atoms with Gasteiger partial charge in [0.25, 0.3) is 0 Å². The summed E-state index contributed by atoms with van der Waals surface area (Å²) in [6.45, 7) is 2.72. The Balaban J connectivity index is 1.83. The number of rotatable bonds is 4. The molecule has 1 aromatic carbocycles.